The molecule has 0 aliphatic carbocycles. The van der Waals surface area contributed by atoms with Crippen LogP contribution < -0.4 is 0 Å². The smallest absolute Gasteiger partial charge is 0.328 e. The largest absolute Gasteiger partial charge is 0.478 e. The molecule has 1 fully saturated rings. The van der Waals surface area contributed by atoms with Gasteiger partial charge in [0, 0.05) is 31.3 Å². The van der Waals surface area contributed by atoms with Crippen molar-refractivity contribution in [3.8, 4) is 0 Å². The third kappa shape index (κ3) is 4.65. The number of carboxylic acid groups (broad SMARTS) is 1. The first-order valence-corrected chi connectivity index (χ1v) is 7.11. The van der Waals surface area contributed by atoms with Crippen LogP contribution in [0.2, 0.25) is 0 Å². The van der Waals surface area contributed by atoms with Crippen molar-refractivity contribution in [2.24, 2.45) is 5.92 Å². The number of rotatable bonds is 6. The molecule has 0 bridgehead atoms. The molecular weight excluding hydrogens is 273 g/mol. The highest BCUT2D eigenvalue weighted by Gasteiger charge is 2.21. The summed E-state index contributed by atoms with van der Waals surface area (Å²) in [5.41, 5.74) is 1.26. The van der Waals surface area contributed by atoms with E-state index in [1.807, 2.05) is 0 Å². The molecule has 1 aromatic carbocycles. The molecule has 2 rings (SSSR count). The molecule has 0 aromatic heterocycles. The number of halogens is 1. The quantitative estimate of drug-likeness (QED) is 0.789. The Morgan fingerprint density at radius 1 is 1.48 bits per heavy atom. The fourth-order valence-corrected chi connectivity index (χ4v) is 2.71. The van der Waals surface area contributed by atoms with Gasteiger partial charge in [0.2, 0.25) is 0 Å². The first kappa shape index (κ1) is 15.7. The van der Waals surface area contributed by atoms with Gasteiger partial charge in [0.25, 0.3) is 0 Å². The minimum atomic E-state index is -1.09. The van der Waals surface area contributed by atoms with Gasteiger partial charge < -0.3 is 10.2 Å². The maximum atomic E-state index is 13.6. The van der Waals surface area contributed by atoms with Crippen molar-refractivity contribution in [2.75, 3.05) is 19.7 Å². The second-order valence-electron chi connectivity index (χ2n) is 5.43. The lowest BCUT2D eigenvalue weighted by Gasteiger charge is -2.16. The molecule has 1 aliphatic heterocycles. The molecule has 114 valence electrons. The van der Waals surface area contributed by atoms with E-state index in [4.69, 9.17) is 10.2 Å². The molecule has 4 nitrogen and oxygen atoms in total. The van der Waals surface area contributed by atoms with E-state index < -0.39 is 11.8 Å². The number of likely N-dealkylation sites (tertiary alicyclic amines) is 1. The Hall–Kier alpha value is -1.72. The van der Waals surface area contributed by atoms with E-state index in [1.54, 1.807) is 12.1 Å². The number of aliphatic hydroxyl groups is 1. The lowest BCUT2D eigenvalue weighted by atomic mass is 10.1. The Kier molecular flexibility index (Phi) is 5.47. The molecule has 1 aliphatic rings. The van der Waals surface area contributed by atoms with Crippen LogP contribution in [0.5, 0.6) is 0 Å². The van der Waals surface area contributed by atoms with Gasteiger partial charge in [-0.2, -0.15) is 0 Å². The summed E-state index contributed by atoms with van der Waals surface area (Å²) in [6.07, 6.45) is 4.12. The molecule has 5 heteroatoms. The van der Waals surface area contributed by atoms with Crippen LogP contribution in [-0.4, -0.2) is 40.8 Å². The van der Waals surface area contributed by atoms with E-state index in [0.29, 0.717) is 11.5 Å². The van der Waals surface area contributed by atoms with E-state index in [0.717, 1.165) is 44.1 Å². The first-order chi connectivity index (χ1) is 10.1. The summed E-state index contributed by atoms with van der Waals surface area (Å²) in [7, 11) is 0. The zero-order valence-electron chi connectivity index (χ0n) is 11.8. The molecule has 1 atom stereocenters. The number of hydrogen-bond acceptors (Lipinski definition) is 3. The van der Waals surface area contributed by atoms with Crippen molar-refractivity contribution in [1.29, 1.82) is 0 Å². The Balaban J connectivity index is 2.01. The Bertz CT molecular complexity index is 530. The van der Waals surface area contributed by atoms with Gasteiger partial charge in [0.05, 0.1) is 0 Å². The molecule has 0 amide bonds. The number of carboxylic acids is 1. The van der Waals surface area contributed by atoms with Crippen molar-refractivity contribution in [3.63, 3.8) is 0 Å². The van der Waals surface area contributed by atoms with Crippen LogP contribution in [-0.2, 0) is 11.3 Å². The van der Waals surface area contributed by atoms with E-state index in [1.165, 1.54) is 12.1 Å². The van der Waals surface area contributed by atoms with Gasteiger partial charge in [-0.1, -0.05) is 6.07 Å². The van der Waals surface area contributed by atoms with E-state index in [-0.39, 0.29) is 6.61 Å². The predicted molar refractivity (Wildman–Crippen MR) is 78.2 cm³/mol. The fraction of sp³-hybridized carbons (Fsp3) is 0.438. The number of nitrogens with zero attached hydrogens (tertiary/aromatic N) is 1. The average Bonchev–Trinajstić information content (AvgIpc) is 2.87. The summed E-state index contributed by atoms with van der Waals surface area (Å²) in [6, 6.07) is 4.79. The van der Waals surface area contributed by atoms with E-state index >= 15 is 0 Å². The molecule has 21 heavy (non-hydrogen) atoms. The van der Waals surface area contributed by atoms with Crippen molar-refractivity contribution >= 4 is 12.0 Å². The summed E-state index contributed by atoms with van der Waals surface area (Å²) in [4.78, 5) is 12.8. The van der Waals surface area contributed by atoms with Crippen LogP contribution in [0.1, 0.15) is 24.0 Å². The number of aliphatic carboxylic acids is 1. The van der Waals surface area contributed by atoms with Crippen LogP contribution in [0.4, 0.5) is 4.39 Å². The third-order valence-electron chi connectivity index (χ3n) is 3.78. The summed E-state index contributed by atoms with van der Waals surface area (Å²) in [5.74, 6) is -0.983. The molecule has 0 spiro atoms. The van der Waals surface area contributed by atoms with Gasteiger partial charge in [-0.3, -0.25) is 4.90 Å². The Morgan fingerprint density at radius 2 is 2.29 bits per heavy atom. The highest BCUT2D eigenvalue weighted by molar-refractivity contribution is 5.85. The van der Waals surface area contributed by atoms with Crippen molar-refractivity contribution in [2.45, 2.75) is 19.4 Å². The van der Waals surface area contributed by atoms with Gasteiger partial charge >= 0.3 is 5.97 Å². The minimum absolute atomic E-state index is 0.221. The number of aliphatic hydroxyl groups excluding tert-OH is 1. The van der Waals surface area contributed by atoms with Gasteiger partial charge in [0.1, 0.15) is 5.82 Å². The van der Waals surface area contributed by atoms with Crippen LogP contribution >= 0.6 is 0 Å². The second-order valence-corrected chi connectivity index (χ2v) is 5.43. The maximum Gasteiger partial charge on any atom is 0.328 e. The standard InChI is InChI=1S/C16H20FNO3/c17-15-3-1-13(9-14(15)2-4-16(20)21)11-18-7-5-12(10-18)6-8-19/h1-4,9,12,19H,5-8,10-11H2,(H,20,21)/b4-2+. The van der Waals surface area contributed by atoms with Crippen molar-refractivity contribution in [3.05, 3.63) is 41.2 Å². The second kappa shape index (κ2) is 7.33. The monoisotopic (exact) mass is 293 g/mol. The highest BCUT2D eigenvalue weighted by atomic mass is 19.1. The van der Waals surface area contributed by atoms with Gasteiger partial charge in [-0.15, -0.1) is 0 Å². The molecule has 1 aromatic rings. The van der Waals surface area contributed by atoms with E-state index in [2.05, 4.69) is 4.90 Å². The van der Waals surface area contributed by atoms with Crippen molar-refractivity contribution in [1.82, 2.24) is 4.90 Å². The molecule has 0 saturated carbocycles. The molecule has 1 heterocycles. The van der Waals surface area contributed by atoms with Crippen LogP contribution in [0.3, 0.4) is 0 Å². The summed E-state index contributed by atoms with van der Waals surface area (Å²) in [5, 5.41) is 17.6. The lowest BCUT2D eigenvalue weighted by molar-refractivity contribution is -0.131. The van der Waals surface area contributed by atoms with Crippen molar-refractivity contribution < 1.29 is 19.4 Å². The molecule has 2 N–H and O–H groups in total. The zero-order chi connectivity index (χ0) is 15.2. The minimum Gasteiger partial charge on any atom is -0.478 e. The number of hydrogen-bond donors (Lipinski definition) is 2. The molecular formula is C16H20FNO3. The van der Waals surface area contributed by atoms with Crippen LogP contribution in [0.25, 0.3) is 6.08 Å². The highest BCUT2D eigenvalue weighted by Crippen LogP contribution is 2.22. The molecule has 0 radical (unpaired) electrons. The zero-order valence-corrected chi connectivity index (χ0v) is 11.8. The maximum absolute atomic E-state index is 13.6. The SMILES string of the molecule is O=C(O)/C=C/c1cc(CN2CCC(CCO)C2)ccc1F. The predicted octanol–water partition coefficient (Wildman–Crippen LogP) is 2.13. The lowest BCUT2D eigenvalue weighted by Crippen LogP contribution is -2.20. The Labute approximate surface area is 123 Å². The fourth-order valence-electron chi connectivity index (χ4n) is 2.71. The summed E-state index contributed by atoms with van der Waals surface area (Å²) in [6.45, 7) is 2.86. The first-order valence-electron chi connectivity index (χ1n) is 7.11. The van der Waals surface area contributed by atoms with Gasteiger partial charge in [0.15, 0.2) is 0 Å². The molecule has 1 unspecified atom stereocenters. The number of carbonyl (C=O) groups is 1. The number of benzene rings is 1. The third-order valence-corrected chi connectivity index (χ3v) is 3.78. The van der Waals surface area contributed by atoms with Crippen LogP contribution in [0, 0.1) is 11.7 Å². The normalized spacial score (nSPS) is 19.4. The molecule has 1 saturated heterocycles. The topological polar surface area (TPSA) is 60.8 Å². The Morgan fingerprint density at radius 3 is 3.00 bits per heavy atom. The van der Waals surface area contributed by atoms with Gasteiger partial charge in [-0.05, 0) is 49.1 Å². The average molecular weight is 293 g/mol. The van der Waals surface area contributed by atoms with Gasteiger partial charge in [-0.25, -0.2) is 9.18 Å². The van der Waals surface area contributed by atoms with E-state index in [9.17, 15) is 9.18 Å². The summed E-state index contributed by atoms with van der Waals surface area (Å²) >= 11 is 0. The summed E-state index contributed by atoms with van der Waals surface area (Å²) < 4.78 is 13.6. The van der Waals surface area contributed by atoms with Crippen LogP contribution in [0.15, 0.2) is 24.3 Å².